The minimum absolute atomic E-state index is 0.163. The third-order valence-electron chi connectivity index (χ3n) is 3.51. The van der Waals surface area contributed by atoms with E-state index in [1.54, 1.807) is 18.2 Å². The summed E-state index contributed by atoms with van der Waals surface area (Å²) >= 11 is 4.95. The van der Waals surface area contributed by atoms with E-state index in [0.29, 0.717) is 30.8 Å². The first-order valence-electron chi connectivity index (χ1n) is 6.67. The number of para-hydroxylation sites is 1. The lowest BCUT2D eigenvalue weighted by Crippen LogP contribution is -2.33. The molecule has 1 aromatic carbocycles. The molecule has 1 aliphatic heterocycles. The molecule has 0 saturated carbocycles. The van der Waals surface area contributed by atoms with Gasteiger partial charge in [0.2, 0.25) is 11.8 Å². The number of primary amides is 1. The third-order valence-corrected chi connectivity index (χ3v) is 3.73. The van der Waals surface area contributed by atoms with Gasteiger partial charge >= 0.3 is 0 Å². The molecule has 1 heterocycles. The molecule has 0 bridgehead atoms. The first kappa shape index (κ1) is 15.4. The highest BCUT2D eigenvalue weighted by Crippen LogP contribution is 2.17. The maximum atomic E-state index is 12.1. The van der Waals surface area contributed by atoms with Crippen LogP contribution in [0.4, 0.5) is 5.69 Å². The van der Waals surface area contributed by atoms with Crippen molar-refractivity contribution in [3.8, 4) is 0 Å². The lowest BCUT2D eigenvalue weighted by molar-refractivity contribution is -0.122. The topological polar surface area (TPSA) is 101 Å². The number of carbonyl (C=O) groups excluding carboxylic acids is 2. The van der Waals surface area contributed by atoms with Gasteiger partial charge in [0.1, 0.15) is 4.99 Å². The number of likely N-dealkylation sites (tertiary alicyclic amines) is 1. The lowest BCUT2D eigenvalue weighted by Gasteiger charge is -2.16. The zero-order chi connectivity index (χ0) is 15.4. The molecule has 0 spiro atoms. The van der Waals surface area contributed by atoms with E-state index in [9.17, 15) is 9.59 Å². The number of nitrogens with zero attached hydrogens (tertiary/aromatic N) is 1. The van der Waals surface area contributed by atoms with Gasteiger partial charge in [0.25, 0.3) is 0 Å². The van der Waals surface area contributed by atoms with Crippen LogP contribution in [0.3, 0.4) is 0 Å². The Balaban J connectivity index is 1.94. The van der Waals surface area contributed by atoms with Gasteiger partial charge < -0.3 is 16.8 Å². The molecule has 1 atom stereocenters. The maximum Gasteiger partial charge on any atom is 0.238 e. The highest BCUT2D eigenvalue weighted by molar-refractivity contribution is 7.80. The van der Waals surface area contributed by atoms with E-state index in [4.69, 9.17) is 23.7 Å². The van der Waals surface area contributed by atoms with Crippen LogP contribution in [0.5, 0.6) is 0 Å². The van der Waals surface area contributed by atoms with Gasteiger partial charge in [-0.2, -0.15) is 0 Å². The van der Waals surface area contributed by atoms with Gasteiger partial charge in [0.15, 0.2) is 0 Å². The molecule has 5 N–H and O–H groups in total. The number of anilines is 1. The molecular formula is C14H18N4O2S. The van der Waals surface area contributed by atoms with E-state index in [0.717, 1.165) is 0 Å². The average Bonchev–Trinajstić information content (AvgIpc) is 2.87. The fraction of sp³-hybridized carbons (Fsp3) is 0.357. The number of rotatable bonds is 5. The van der Waals surface area contributed by atoms with Crippen molar-refractivity contribution in [1.82, 2.24) is 4.90 Å². The van der Waals surface area contributed by atoms with Crippen LogP contribution in [0.15, 0.2) is 24.3 Å². The van der Waals surface area contributed by atoms with E-state index in [2.05, 4.69) is 5.32 Å². The number of thiocarbonyl (C=S) groups is 1. The quantitative estimate of drug-likeness (QED) is 0.668. The monoisotopic (exact) mass is 306 g/mol. The number of nitrogens with one attached hydrogen (secondary N) is 1. The number of nitrogens with two attached hydrogens (primary N) is 2. The van der Waals surface area contributed by atoms with Crippen LogP contribution in [-0.4, -0.2) is 41.3 Å². The van der Waals surface area contributed by atoms with Gasteiger partial charge in [-0.05, 0) is 25.1 Å². The van der Waals surface area contributed by atoms with E-state index in [1.165, 1.54) is 0 Å². The van der Waals surface area contributed by atoms with Crippen molar-refractivity contribution in [2.45, 2.75) is 6.42 Å². The highest BCUT2D eigenvalue weighted by Gasteiger charge is 2.27. The minimum atomic E-state index is -0.309. The zero-order valence-electron chi connectivity index (χ0n) is 11.5. The van der Waals surface area contributed by atoms with Gasteiger partial charge in [0, 0.05) is 12.1 Å². The molecule has 6 nitrogen and oxygen atoms in total. The van der Waals surface area contributed by atoms with Crippen LogP contribution in [0.2, 0.25) is 0 Å². The number of hydrogen-bond donors (Lipinski definition) is 3. The number of hydrogen-bond acceptors (Lipinski definition) is 4. The smallest absolute Gasteiger partial charge is 0.238 e. The Morgan fingerprint density at radius 2 is 2.05 bits per heavy atom. The van der Waals surface area contributed by atoms with Crippen molar-refractivity contribution in [2.75, 3.05) is 25.0 Å². The standard InChI is InChI=1S/C14H18N4O2S/c15-13(20)9-5-6-18(7-9)8-12(19)17-11-4-2-1-3-10(11)14(16)21/h1-4,9H,5-8H2,(H2,15,20)(H2,16,21)(H,17,19). The van der Waals surface area contributed by atoms with Gasteiger partial charge in [-0.3, -0.25) is 14.5 Å². The zero-order valence-corrected chi connectivity index (χ0v) is 12.4. The van der Waals surface area contributed by atoms with Gasteiger partial charge in [-0.1, -0.05) is 24.4 Å². The van der Waals surface area contributed by atoms with E-state index >= 15 is 0 Å². The second-order valence-electron chi connectivity index (χ2n) is 5.08. The molecule has 0 aliphatic carbocycles. The Morgan fingerprint density at radius 1 is 1.33 bits per heavy atom. The van der Waals surface area contributed by atoms with Crippen LogP contribution in [0, 0.1) is 5.92 Å². The van der Waals surface area contributed by atoms with Crippen LogP contribution in [0.25, 0.3) is 0 Å². The molecule has 2 amide bonds. The summed E-state index contributed by atoms with van der Waals surface area (Å²) in [6.45, 7) is 1.44. The van der Waals surface area contributed by atoms with Gasteiger partial charge in [-0.25, -0.2) is 0 Å². The summed E-state index contributed by atoms with van der Waals surface area (Å²) in [4.78, 5) is 25.3. The van der Waals surface area contributed by atoms with Crippen molar-refractivity contribution in [3.63, 3.8) is 0 Å². The van der Waals surface area contributed by atoms with Crippen molar-refractivity contribution in [2.24, 2.45) is 17.4 Å². The van der Waals surface area contributed by atoms with Gasteiger partial charge in [-0.15, -0.1) is 0 Å². The van der Waals surface area contributed by atoms with Crippen molar-refractivity contribution >= 4 is 34.7 Å². The molecule has 1 unspecified atom stereocenters. The summed E-state index contributed by atoms with van der Waals surface area (Å²) in [6.07, 6.45) is 0.700. The summed E-state index contributed by atoms with van der Waals surface area (Å²) in [5, 5.41) is 2.80. The predicted molar refractivity (Wildman–Crippen MR) is 84.7 cm³/mol. The Bertz CT molecular complexity index is 576. The average molecular weight is 306 g/mol. The second kappa shape index (κ2) is 6.64. The molecule has 1 fully saturated rings. The molecule has 0 radical (unpaired) electrons. The summed E-state index contributed by atoms with van der Waals surface area (Å²) in [7, 11) is 0. The summed E-state index contributed by atoms with van der Waals surface area (Å²) < 4.78 is 0. The Kier molecular flexibility index (Phi) is 4.87. The second-order valence-corrected chi connectivity index (χ2v) is 5.52. The Hall–Kier alpha value is -1.99. The number of benzene rings is 1. The molecule has 1 saturated heterocycles. The van der Waals surface area contributed by atoms with Crippen molar-refractivity contribution in [3.05, 3.63) is 29.8 Å². The van der Waals surface area contributed by atoms with E-state index < -0.39 is 0 Å². The Morgan fingerprint density at radius 3 is 2.67 bits per heavy atom. The number of carbonyl (C=O) groups is 2. The van der Waals surface area contributed by atoms with Crippen LogP contribution in [-0.2, 0) is 9.59 Å². The first-order valence-corrected chi connectivity index (χ1v) is 7.08. The highest BCUT2D eigenvalue weighted by atomic mass is 32.1. The SMILES string of the molecule is NC(=O)C1CCN(CC(=O)Nc2ccccc2C(N)=S)C1. The third kappa shape index (κ3) is 3.99. The van der Waals surface area contributed by atoms with Crippen molar-refractivity contribution in [1.29, 1.82) is 0 Å². The first-order chi connectivity index (χ1) is 9.97. The van der Waals surface area contributed by atoms with E-state index in [1.807, 2.05) is 11.0 Å². The van der Waals surface area contributed by atoms with Crippen molar-refractivity contribution < 1.29 is 9.59 Å². The Labute approximate surface area is 128 Å². The molecule has 2 rings (SSSR count). The molecule has 112 valence electrons. The predicted octanol–water partition coefficient (Wildman–Crippen LogP) is 0.0665. The summed E-state index contributed by atoms with van der Waals surface area (Å²) in [6, 6.07) is 7.12. The number of amides is 2. The normalized spacial score (nSPS) is 18.4. The summed E-state index contributed by atoms with van der Waals surface area (Å²) in [5.74, 6) is -0.637. The largest absolute Gasteiger partial charge is 0.389 e. The fourth-order valence-electron chi connectivity index (χ4n) is 2.41. The molecular weight excluding hydrogens is 288 g/mol. The molecule has 21 heavy (non-hydrogen) atoms. The van der Waals surface area contributed by atoms with Crippen LogP contribution < -0.4 is 16.8 Å². The van der Waals surface area contributed by atoms with Gasteiger partial charge in [0.05, 0.1) is 18.2 Å². The van der Waals surface area contributed by atoms with E-state index in [-0.39, 0.29) is 29.3 Å². The van der Waals surface area contributed by atoms with Crippen LogP contribution in [0.1, 0.15) is 12.0 Å². The maximum absolute atomic E-state index is 12.1. The van der Waals surface area contributed by atoms with Crippen LogP contribution >= 0.6 is 12.2 Å². The molecule has 1 aliphatic rings. The fourth-order valence-corrected chi connectivity index (χ4v) is 2.59. The minimum Gasteiger partial charge on any atom is -0.389 e. The molecule has 7 heteroatoms. The lowest BCUT2D eigenvalue weighted by atomic mass is 10.1. The molecule has 1 aromatic rings. The summed E-state index contributed by atoms with van der Waals surface area (Å²) in [5.41, 5.74) is 12.1. The molecule has 0 aromatic heterocycles.